The van der Waals surface area contributed by atoms with E-state index in [9.17, 15) is 9.90 Å². The molecule has 0 saturated heterocycles. The monoisotopic (exact) mass is 327 g/mol. The largest absolute Gasteiger partial charge is 0.387 e. The van der Waals surface area contributed by atoms with Crippen LogP contribution in [0.5, 0.6) is 0 Å². The smallest absolute Gasteiger partial charge is 0.269 e. The minimum absolute atomic E-state index is 0.0460. The molecule has 1 unspecified atom stereocenters. The Morgan fingerprint density at radius 3 is 2.71 bits per heavy atom. The number of rotatable bonds is 4. The van der Waals surface area contributed by atoms with Gasteiger partial charge in [0.05, 0.1) is 11.8 Å². The minimum atomic E-state index is -0.909. The summed E-state index contributed by atoms with van der Waals surface area (Å²) in [5, 5.41) is 17.7. The van der Waals surface area contributed by atoms with Crippen LogP contribution in [0.1, 0.15) is 27.8 Å². The Bertz CT molecular complexity index is 670. The predicted octanol–water partition coefficient (Wildman–Crippen LogP) is 2.50. The summed E-state index contributed by atoms with van der Waals surface area (Å²) in [4.78, 5) is 12.0. The molecule has 1 aromatic carbocycles. The van der Waals surface area contributed by atoms with Crippen LogP contribution in [-0.4, -0.2) is 27.3 Å². The van der Waals surface area contributed by atoms with Crippen molar-refractivity contribution in [3.8, 4) is 0 Å². The molecule has 0 aliphatic carbocycles. The van der Waals surface area contributed by atoms with Crippen LogP contribution in [0, 0.1) is 6.92 Å². The number of nitrogens with one attached hydrogen (secondary N) is 1. The number of benzene rings is 1. The quantitative estimate of drug-likeness (QED) is 0.906. The van der Waals surface area contributed by atoms with E-state index < -0.39 is 6.10 Å². The summed E-state index contributed by atoms with van der Waals surface area (Å²) in [6.07, 6.45) is -0.909. The summed E-state index contributed by atoms with van der Waals surface area (Å²) in [5.74, 6) is -0.303. The van der Waals surface area contributed by atoms with Crippen LogP contribution in [-0.2, 0) is 7.05 Å². The first-order valence-electron chi connectivity index (χ1n) is 6.30. The Morgan fingerprint density at radius 1 is 1.43 bits per heavy atom. The lowest BCUT2D eigenvalue weighted by Crippen LogP contribution is -2.30. The van der Waals surface area contributed by atoms with Gasteiger partial charge in [0.1, 0.15) is 5.69 Å². The van der Waals surface area contributed by atoms with Crippen LogP contribution >= 0.6 is 23.2 Å². The van der Waals surface area contributed by atoms with E-state index in [1.54, 1.807) is 38.2 Å². The standard InChI is InChI=1S/C14H15Cl2N3O2/c1-8-5-12(19(2)18-8)14(21)17-7-13(20)10-4-3-9(15)6-11(10)16/h3-6,13,20H,7H2,1-2H3,(H,17,21). The third kappa shape index (κ3) is 3.75. The van der Waals surface area contributed by atoms with E-state index in [1.165, 1.54) is 4.68 Å². The van der Waals surface area contributed by atoms with Crippen LogP contribution in [0.4, 0.5) is 0 Å². The van der Waals surface area contributed by atoms with Crippen molar-refractivity contribution in [3.63, 3.8) is 0 Å². The fourth-order valence-electron chi connectivity index (χ4n) is 1.98. The predicted molar refractivity (Wildman–Crippen MR) is 81.7 cm³/mol. The van der Waals surface area contributed by atoms with Crippen molar-refractivity contribution in [3.05, 3.63) is 51.3 Å². The van der Waals surface area contributed by atoms with E-state index >= 15 is 0 Å². The zero-order chi connectivity index (χ0) is 15.6. The van der Waals surface area contributed by atoms with Crippen molar-refractivity contribution >= 4 is 29.1 Å². The van der Waals surface area contributed by atoms with E-state index in [0.29, 0.717) is 21.3 Å². The SMILES string of the molecule is Cc1cc(C(=O)NCC(O)c2ccc(Cl)cc2Cl)n(C)n1. The summed E-state index contributed by atoms with van der Waals surface area (Å²) in [6, 6.07) is 6.50. The molecule has 112 valence electrons. The number of halogens is 2. The van der Waals surface area contributed by atoms with Gasteiger partial charge in [0.15, 0.2) is 0 Å². The number of aliphatic hydroxyl groups excluding tert-OH is 1. The molecule has 0 saturated carbocycles. The molecule has 0 radical (unpaired) electrons. The molecule has 2 rings (SSSR count). The molecule has 0 fully saturated rings. The highest BCUT2D eigenvalue weighted by molar-refractivity contribution is 6.35. The molecule has 5 nitrogen and oxygen atoms in total. The molecule has 0 bridgehead atoms. The number of amides is 1. The number of carbonyl (C=O) groups is 1. The maximum Gasteiger partial charge on any atom is 0.269 e. The van der Waals surface area contributed by atoms with Gasteiger partial charge in [-0.25, -0.2) is 0 Å². The number of aliphatic hydroxyl groups is 1. The van der Waals surface area contributed by atoms with Gasteiger partial charge >= 0.3 is 0 Å². The molecular formula is C14H15Cl2N3O2. The first-order chi connectivity index (χ1) is 9.88. The van der Waals surface area contributed by atoms with Crippen molar-refractivity contribution < 1.29 is 9.90 Å². The van der Waals surface area contributed by atoms with Gasteiger partial charge in [-0.15, -0.1) is 0 Å². The number of carbonyl (C=O) groups excluding carboxylic acids is 1. The van der Waals surface area contributed by atoms with Crippen molar-refractivity contribution in [2.45, 2.75) is 13.0 Å². The topological polar surface area (TPSA) is 67.2 Å². The van der Waals surface area contributed by atoms with Gasteiger partial charge in [0.25, 0.3) is 5.91 Å². The summed E-state index contributed by atoms with van der Waals surface area (Å²) < 4.78 is 1.49. The highest BCUT2D eigenvalue weighted by Crippen LogP contribution is 2.25. The maximum atomic E-state index is 12.0. The third-order valence-corrected chi connectivity index (χ3v) is 3.57. The molecule has 1 amide bonds. The van der Waals surface area contributed by atoms with Gasteiger partial charge < -0.3 is 10.4 Å². The molecular weight excluding hydrogens is 313 g/mol. The maximum absolute atomic E-state index is 12.0. The van der Waals surface area contributed by atoms with Crippen LogP contribution < -0.4 is 5.32 Å². The highest BCUT2D eigenvalue weighted by atomic mass is 35.5. The van der Waals surface area contributed by atoms with Crippen LogP contribution in [0.3, 0.4) is 0 Å². The molecule has 2 aromatic rings. The lowest BCUT2D eigenvalue weighted by Gasteiger charge is -2.14. The second-order valence-electron chi connectivity index (χ2n) is 4.69. The van der Waals surface area contributed by atoms with Crippen molar-refractivity contribution in [2.75, 3.05) is 6.54 Å². The average molecular weight is 328 g/mol. The zero-order valence-electron chi connectivity index (χ0n) is 11.6. The van der Waals surface area contributed by atoms with Gasteiger partial charge in [0.2, 0.25) is 0 Å². The number of aryl methyl sites for hydroxylation is 2. The average Bonchev–Trinajstić information content (AvgIpc) is 2.74. The van der Waals surface area contributed by atoms with Crippen molar-refractivity contribution in [1.82, 2.24) is 15.1 Å². The van der Waals surface area contributed by atoms with Crippen LogP contribution in [0.25, 0.3) is 0 Å². The Kier molecular flexibility index (Phi) is 4.88. The molecule has 0 aliphatic heterocycles. The molecule has 1 heterocycles. The fourth-order valence-corrected chi connectivity index (χ4v) is 2.52. The van der Waals surface area contributed by atoms with Crippen molar-refractivity contribution in [1.29, 1.82) is 0 Å². The molecule has 21 heavy (non-hydrogen) atoms. The number of aromatic nitrogens is 2. The van der Waals surface area contributed by atoms with Crippen molar-refractivity contribution in [2.24, 2.45) is 7.05 Å². The first-order valence-corrected chi connectivity index (χ1v) is 7.06. The molecule has 0 spiro atoms. The van der Waals surface area contributed by atoms with E-state index in [-0.39, 0.29) is 12.5 Å². The fraction of sp³-hybridized carbons (Fsp3) is 0.286. The molecule has 0 aliphatic rings. The zero-order valence-corrected chi connectivity index (χ0v) is 13.1. The second kappa shape index (κ2) is 6.47. The van der Waals surface area contributed by atoms with E-state index in [0.717, 1.165) is 5.69 Å². The molecule has 7 heteroatoms. The van der Waals surface area contributed by atoms with Crippen LogP contribution in [0.2, 0.25) is 10.0 Å². The Hall–Kier alpha value is -1.56. The number of hydrogen-bond donors (Lipinski definition) is 2. The summed E-state index contributed by atoms with van der Waals surface area (Å²) in [5.41, 5.74) is 1.70. The lowest BCUT2D eigenvalue weighted by molar-refractivity contribution is 0.0907. The summed E-state index contributed by atoms with van der Waals surface area (Å²) in [6.45, 7) is 1.85. The summed E-state index contributed by atoms with van der Waals surface area (Å²) >= 11 is 11.8. The van der Waals surface area contributed by atoms with Gasteiger partial charge in [-0.1, -0.05) is 29.3 Å². The molecule has 1 atom stereocenters. The lowest BCUT2D eigenvalue weighted by atomic mass is 10.1. The number of hydrogen-bond acceptors (Lipinski definition) is 3. The normalized spacial score (nSPS) is 12.2. The van der Waals surface area contributed by atoms with E-state index in [1.807, 2.05) is 0 Å². The third-order valence-electron chi connectivity index (χ3n) is 3.01. The van der Waals surface area contributed by atoms with Crippen LogP contribution in [0.15, 0.2) is 24.3 Å². The second-order valence-corrected chi connectivity index (χ2v) is 5.53. The first kappa shape index (κ1) is 15.8. The van der Waals surface area contributed by atoms with Gasteiger partial charge in [-0.3, -0.25) is 9.48 Å². The summed E-state index contributed by atoms with van der Waals surface area (Å²) in [7, 11) is 1.69. The van der Waals surface area contributed by atoms with E-state index in [2.05, 4.69) is 10.4 Å². The number of nitrogens with zero attached hydrogens (tertiary/aromatic N) is 2. The van der Waals surface area contributed by atoms with Gasteiger partial charge in [0, 0.05) is 29.2 Å². The Morgan fingerprint density at radius 2 is 2.14 bits per heavy atom. The minimum Gasteiger partial charge on any atom is -0.387 e. The molecule has 1 aromatic heterocycles. The van der Waals surface area contributed by atoms with Gasteiger partial charge in [-0.2, -0.15) is 5.10 Å². The van der Waals surface area contributed by atoms with E-state index in [4.69, 9.17) is 23.2 Å². The Labute approximate surface area is 132 Å². The Balaban J connectivity index is 2.02. The van der Waals surface area contributed by atoms with Gasteiger partial charge in [-0.05, 0) is 25.1 Å². The molecule has 2 N–H and O–H groups in total. The highest BCUT2D eigenvalue weighted by Gasteiger charge is 2.16.